The Kier molecular flexibility index (Phi) is 3.87. The number of benzene rings is 1. The number of halogens is 1. The van der Waals surface area contributed by atoms with Crippen LogP contribution in [0.4, 0.5) is 15.8 Å². The normalized spacial score (nSPS) is 18.3. The molecule has 1 aliphatic rings. The number of rotatable bonds is 4. The average Bonchev–Trinajstić information content (AvgIpc) is 2.86. The zero-order chi connectivity index (χ0) is 14.9. The maximum absolute atomic E-state index is 13.7. The summed E-state index contributed by atoms with van der Waals surface area (Å²) in [5, 5.41) is 19.9. The van der Waals surface area contributed by atoms with Crippen LogP contribution >= 0.6 is 0 Å². The van der Waals surface area contributed by atoms with Crippen molar-refractivity contribution in [1.29, 1.82) is 0 Å². The molecule has 0 aromatic heterocycles. The van der Waals surface area contributed by atoms with Gasteiger partial charge in [-0.2, -0.15) is 0 Å². The van der Waals surface area contributed by atoms with Crippen LogP contribution in [-0.2, 0) is 0 Å². The van der Waals surface area contributed by atoms with Crippen LogP contribution < -0.4 is 4.90 Å². The van der Waals surface area contributed by atoms with Crippen molar-refractivity contribution in [3.8, 4) is 0 Å². The van der Waals surface area contributed by atoms with Crippen LogP contribution in [0.25, 0.3) is 0 Å². The summed E-state index contributed by atoms with van der Waals surface area (Å²) in [7, 11) is 0. The molecule has 1 heterocycles. The molecule has 1 unspecified atom stereocenters. The number of carbonyl (C=O) groups is 1. The van der Waals surface area contributed by atoms with Crippen LogP contribution in [-0.4, -0.2) is 29.1 Å². The fraction of sp³-hybridized carbons (Fsp3) is 0.462. The number of hydrogen-bond donors (Lipinski definition) is 1. The van der Waals surface area contributed by atoms with Crippen molar-refractivity contribution < 1.29 is 19.2 Å². The van der Waals surface area contributed by atoms with Gasteiger partial charge in [0, 0.05) is 25.2 Å². The van der Waals surface area contributed by atoms with Gasteiger partial charge in [-0.05, 0) is 12.3 Å². The van der Waals surface area contributed by atoms with Crippen LogP contribution in [0.2, 0.25) is 0 Å². The van der Waals surface area contributed by atoms with E-state index in [-0.39, 0.29) is 11.4 Å². The van der Waals surface area contributed by atoms with Crippen molar-refractivity contribution in [1.82, 2.24) is 0 Å². The minimum absolute atomic E-state index is 0.161. The highest BCUT2D eigenvalue weighted by Gasteiger charge is 2.29. The number of carboxylic acid groups (broad SMARTS) is 1. The zero-order valence-electron chi connectivity index (χ0n) is 11.0. The van der Waals surface area contributed by atoms with Crippen LogP contribution in [0, 0.1) is 21.8 Å². The van der Waals surface area contributed by atoms with E-state index in [2.05, 4.69) is 0 Å². The maximum atomic E-state index is 13.7. The number of aromatic carboxylic acids is 1. The molecule has 0 spiro atoms. The number of anilines is 1. The van der Waals surface area contributed by atoms with Gasteiger partial charge in [-0.3, -0.25) is 10.1 Å². The molecule has 20 heavy (non-hydrogen) atoms. The molecule has 0 radical (unpaired) electrons. The van der Waals surface area contributed by atoms with Crippen LogP contribution in [0.3, 0.4) is 0 Å². The van der Waals surface area contributed by atoms with Crippen molar-refractivity contribution in [2.24, 2.45) is 5.92 Å². The Balaban J connectivity index is 2.45. The van der Waals surface area contributed by atoms with Crippen molar-refractivity contribution in [2.75, 3.05) is 18.0 Å². The van der Waals surface area contributed by atoms with E-state index in [0.717, 1.165) is 25.0 Å². The number of carboxylic acids is 1. The summed E-state index contributed by atoms with van der Waals surface area (Å²) in [6.07, 6.45) is 1.86. The fourth-order valence-electron chi connectivity index (χ4n) is 2.50. The third-order valence-electron chi connectivity index (χ3n) is 3.70. The van der Waals surface area contributed by atoms with Gasteiger partial charge < -0.3 is 10.0 Å². The first-order valence-electron chi connectivity index (χ1n) is 6.40. The largest absolute Gasteiger partial charge is 0.478 e. The van der Waals surface area contributed by atoms with Crippen molar-refractivity contribution in [3.05, 3.63) is 33.6 Å². The maximum Gasteiger partial charge on any atom is 0.338 e. The van der Waals surface area contributed by atoms with E-state index in [0.29, 0.717) is 19.0 Å². The molecule has 6 nitrogen and oxygen atoms in total. The third kappa shape index (κ3) is 2.56. The summed E-state index contributed by atoms with van der Waals surface area (Å²) in [5.74, 6) is -2.03. The molecule has 1 saturated heterocycles. The monoisotopic (exact) mass is 282 g/mol. The summed E-state index contributed by atoms with van der Waals surface area (Å²) in [6, 6.07) is 1.76. The first-order valence-corrected chi connectivity index (χ1v) is 6.40. The zero-order valence-corrected chi connectivity index (χ0v) is 11.0. The lowest BCUT2D eigenvalue weighted by Gasteiger charge is -2.19. The highest BCUT2D eigenvalue weighted by molar-refractivity contribution is 5.90. The van der Waals surface area contributed by atoms with Crippen molar-refractivity contribution in [2.45, 2.75) is 19.8 Å². The Bertz CT molecular complexity index is 562. The number of nitrogens with zero attached hydrogens (tertiary/aromatic N) is 2. The van der Waals surface area contributed by atoms with E-state index in [1.807, 2.05) is 6.92 Å². The quantitative estimate of drug-likeness (QED) is 0.678. The van der Waals surface area contributed by atoms with Gasteiger partial charge in [0.25, 0.3) is 5.69 Å². The molecule has 1 N–H and O–H groups in total. The van der Waals surface area contributed by atoms with E-state index in [9.17, 15) is 19.3 Å². The van der Waals surface area contributed by atoms with E-state index in [1.165, 1.54) is 0 Å². The highest BCUT2D eigenvalue weighted by Crippen LogP contribution is 2.35. The van der Waals surface area contributed by atoms with E-state index < -0.39 is 22.3 Å². The summed E-state index contributed by atoms with van der Waals surface area (Å²) in [6.45, 7) is 3.28. The molecule has 1 fully saturated rings. The average molecular weight is 282 g/mol. The number of nitro groups is 1. The van der Waals surface area contributed by atoms with Gasteiger partial charge in [0.15, 0.2) is 0 Å². The first-order chi connectivity index (χ1) is 9.43. The Hall–Kier alpha value is -2.18. The lowest BCUT2D eigenvalue weighted by molar-refractivity contribution is -0.384. The van der Waals surface area contributed by atoms with Crippen LogP contribution in [0.5, 0.6) is 0 Å². The Morgan fingerprint density at radius 1 is 1.60 bits per heavy atom. The molecular formula is C13H15FN2O4. The van der Waals surface area contributed by atoms with Gasteiger partial charge in [0.05, 0.1) is 4.92 Å². The van der Waals surface area contributed by atoms with Gasteiger partial charge in [0.1, 0.15) is 17.1 Å². The lowest BCUT2D eigenvalue weighted by atomic mass is 10.1. The molecule has 7 heteroatoms. The smallest absolute Gasteiger partial charge is 0.338 e. The van der Waals surface area contributed by atoms with Crippen LogP contribution in [0.15, 0.2) is 12.1 Å². The van der Waals surface area contributed by atoms with Crippen molar-refractivity contribution in [3.63, 3.8) is 0 Å². The van der Waals surface area contributed by atoms with Gasteiger partial charge in [-0.25, -0.2) is 9.18 Å². The molecule has 0 saturated carbocycles. The molecular weight excluding hydrogens is 267 g/mol. The number of nitro benzene ring substituents is 1. The minimum Gasteiger partial charge on any atom is -0.478 e. The third-order valence-corrected chi connectivity index (χ3v) is 3.70. The lowest BCUT2D eigenvalue weighted by Crippen LogP contribution is -2.21. The second-order valence-electron chi connectivity index (χ2n) is 4.89. The molecule has 0 amide bonds. The first kappa shape index (κ1) is 14.2. The summed E-state index contributed by atoms with van der Waals surface area (Å²) in [5.41, 5.74) is -0.874. The molecule has 1 aromatic rings. The Morgan fingerprint density at radius 2 is 2.30 bits per heavy atom. The number of hydrogen-bond acceptors (Lipinski definition) is 4. The fourth-order valence-corrected chi connectivity index (χ4v) is 2.50. The molecule has 2 rings (SSSR count). The van der Waals surface area contributed by atoms with E-state index in [1.54, 1.807) is 4.90 Å². The molecule has 1 aliphatic heterocycles. The van der Waals surface area contributed by atoms with Gasteiger partial charge in [-0.15, -0.1) is 0 Å². The van der Waals surface area contributed by atoms with E-state index in [4.69, 9.17) is 5.11 Å². The molecule has 1 aromatic carbocycles. The molecule has 0 bridgehead atoms. The highest BCUT2D eigenvalue weighted by atomic mass is 19.1. The summed E-state index contributed by atoms with van der Waals surface area (Å²) in [4.78, 5) is 23.0. The predicted molar refractivity (Wildman–Crippen MR) is 70.6 cm³/mol. The van der Waals surface area contributed by atoms with Crippen molar-refractivity contribution >= 4 is 17.3 Å². The SMILES string of the molecule is CCC1CCN(c2cc(F)c(C(=O)O)cc2[N+](=O)[O-])C1. The second-order valence-corrected chi connectivity index (χ2v) is 4.89. The van der Waals surface area contributed by atoms with Gasteiger partial charge in [0.2, 0.25) is 0 Å². The van der Waals surface area contributed by atoms with Gasteiger partial charge in [-0.1, -0.05) is 13.3 Å². The standard InChI is InChI=1S/C13H15FN2O4/c1-2-8-3-4-15(7-8)11-6-10(14)9(13(17)18)5-12(11)16(19)20/h5-6,8H,2-4,7H2,1H3,(H,17,18). The Morgan fingerprint density at radius 3 is 2.80 bits per heavy atom. The molecule has 1 atom stereocenters. The topological polar surface area (TPSA) is 83.7 Å². The van der Waals surface area contributed by atoms with Gasteiger partial charge >= 0.3 is 5.97 Å². The van der Waals surface area contributed by atoms with Crippen LogP contribution in [0.1, 0.15) is 30.1 Å². The Labute approximate surface area is 115 Å². The summed E-state index contributed by atoms with van der Waals surface area (Å²) >= 11 is 0. The predicted octanol–water partition coefficient (Wildman–Crippen LogP) is 2.67. The van der Waals surface area contributed by atoms with E-state index >= 15 is 0 Å². The summed E-state index contributed by atoms with van der Waals surface area (Å²) < 4.78 is 13.7. The second kappa shape index (κ2) is 5.44. The molecule has 108 valence electrons. The molecule has 0 aliphatic carbocycles. The minimum atomic E-state index is -1.51.